The second kappa shape index (κ2) is 6.25. The minimum Gasteiger partial charge on any atom is -0.460 e. The van der Waals surface area contributed by atoms with Crippen LogP contribution in [0, 0.1) is 5.92 Å². The van der Waals surface area contributed by atoms with Crippen LogP contribution in [0.5, 0.6) is 0 Å². The van der Waals surface area contributed by atoms with E-state index in [-0.39, 0.29) is 17.4 Å². The minimum atomic E-state index is -3.17. The molecule has 0 bridgehead atoms. The Kier molecular flexibility index (Phi) is 5.42. The van der Waals surface area contributed by atoms with E-state index in [9.17, 15) is 13.2 Å². The van der Waals surface area contributed by atoms with Crippen molar-refractivity contribution < 1.29 is 17.9 Å². The zero-order valence-corrected chi connectivity index (χ0v) is 13.3. The molecule has 0 amide bonds. The molecule has 19 heavy (non-hydrogen) atoms. The molecule has 0 aromatic carbocycles. The van der Waals surface area contributed by atoms with Crippen molar-refractivity contribution in [2.45, 2.75) is 70.7 Å². The molecule has 0 aliphatic heterocycles. The Balaban J connectivity index is 2.49. The summed E-state index contributed by atoms with van der Waals surface area (Å²) in [6.07, 6.45) is 3.51. The van der Waals surface area contributed by atoms with Crippen molar-refractivity contribution in [2.75, 3.05) is 5.75 Å². The molecule has 0 N–H and O–H groups in total. The van der Waals surface area contributed by atoms with Gasteiger partial charge in [-0.05, 0) is 39.5 Å². The van der Waals surface area contributed by atoms with Gasteiger partial charge in [0.1, 0.15) is 5.60 Å². The molecule has 2 atom stereocenters. The fourth-order valence-corrected chi connectivity index (χ4v) is 4.42. The molecule has 2 unspecified atom stereocenters. The van der Waals surface area contributed by atoms with Crippen molar-refractivity contribution in [3.8, 4) is 0 Å². The Morgan fingerprint density at radius 2 is 1.89 bits per heavy atom. The third kappa shape index (κ3) is 5.93. The molecule has 0 heterocycles. The van der Waals surface area contributed by atoms with Gasteiger partial charge in [0.25, 0.3) is 0 Å². The van der Waals surface area contributed by atoms with Gasteiger partial charge in [-0.1, -0.05) is 19.8 Å². The van der Waals surface area contributed by atoms with Crippen LogP contribution in [0.3, 0.4) is 0 Å². The topological polar surface area (TPSA) is 60.4 Å². The molecular formula is C14H26O4S. The second-order valence-corrected chi connectivity index (χ2v) is 9.00. The largest absolute Gasteiger partial charge is 0.460 e. The zero-order chi connectivity index (χ0) is 14.7. The number of carbonyl (C=O) groups excluding carboxylic acids is 1. The summed E-state index contributed by atoms with van der Waals surface area (Å²) in [5.41, 5.74) is -0.555. The Morgan fingerprint density at radius 3 is 2.42 bits per heavy atom. The van der Waals surface area contributed by atoms with Crippen LogP contribution in [0.4, 0.5) is 0 Å². The van der Waals surface area contributed by atoms with Crippen LogP contribution in [0.15, 0.2) is 0 Å². The van der Waals surface area contributed by atoms with Gasteiger partial charge in [0.2, 0.25) is 0 Å². The van der Waals surface area contributed by atoms with Crippen LogP contribution in [0.2, 0.25) is 0 Å². The van der Waals surface area contributed by atoms with E-state index in [1.165, 1.54) is 0 Å². The molecule has 0 radical (unpaired) electrons. The Labute approximate surface area is 116 Å². The highest BCUT2D eigenvalue weighted by Gasteiger charge is 2.30. The van der Waals surface area contributed by atoms with Crippen LogP contribution < -0.4 is 0 Å². The van der Waals surface area contributed by atoms with E-state index in [1.54, 1.807) is 20.8 Å². The van der Waals surface area contributed by atoms with Crippen molar-refractivity contribution >= 4 is 15.8 Å². The minimum absolute atomic E-state index is 0.0372. The van der Waals surface area contributed by atoms with Gasteiger partial charge < -0.3 is 4.74 Å². The van der Waals surface area contributed by atoms with Gasteiger partial charge in [0.15, 0.2) is 9.84 Å². The van der Waals surface area contributed by atoms with Crippen molar-refractivity contribution in [2.24, 2.45) is 5.92 Å². The molecule has 0 aromatic rings. The molecule has 1 fully saturated rings. The predicted molar refractivity (Wildman–Crippen MR) is 75.7 cm³/mol. The van der Waals surface area contributed by atoms with Crippen LogP contribution >= 0.6 is 0 Å². The summed E-state index contributed by atoms with van der Waals surface area (Å²) in [7, 11) is -3.17. The normalized spacial score (nSPS) is 25.1. The SMILES string of the molecule is CC1CCCC(S(=O)(=O)CCC(=O)OC(C)(C)C)C1. The number of rotatable bonds is 4. The van der Waals surface area contributed by atoms with Gasteiger partial charge in [-0.2, -0.15) is 0 Å². The molecule has 1 saturated carbocycles. The number of ether oxygens (including phenoxy) is 1. The Morgan fingerprint density at radius 1 is 1.26 bits per heavy atom. The van der Waals surface area contributed by atoms with E-state index < -0.39 is 21.4 Å². The monoisotopic (exact) mass is 290 g/mol. The number of sulfone groups is 1. The summed E-state index contributed by atoms with van der Waals surface area (Å²) in [5.74, 6) is -0.0470. The molecule has 4 nitrogen and oxygen atoms in total. The first-order valence-corrected chi connectivity index (χ1v) is 8.75. The van der Waals surface area contributed by atoms with E-state index in [1.807, 2.05) is 0 Å². The van der Waals surface area contributed by atoms with Crippen LogP contribution in [0.1, 0.15) is 59.8 Å². The summed E-state index contributed by atoms with van der Waals surface area (Å²) in [4.78, 5) is 11.6. The second-order valence-electron chi connectivity index (χ2n) is 6.60. The van der Waals surface area contributed by atoms with Gasteiger partial charge in [-0.25, -0.2) is 8.42 Å². The predicted octanol–water partition coefficient (Wildman–Crippen LogP) is 2.71. The molecule has 0 saturated heterocycles. The van der Waals surface area contributed by atoms with E-state index in [0.29, 0.717) is 5.92 Å². The fourth-order valence-electron chi connectivity index (χ4n) is 2.49. The molecule has 0 aromatic heterocycles. The highest BCUT2D eigenvalue weighted by atomic mass is 32.2. The third-order valence-corrected chi connectivity index (χ3v) is 5.62. The quantitative estimate of drug-likeness (QED) is 0.747. The number of hydrogen-bond acceptors (Lipinski definition) is 4. The van der Waals surface area contributed by atoms with Gasteiger partial charge in [-0.3, -0.25) is 4.79 Å². The summed E-state index contributed by atoms with van der Waals surface area (Å²) < 4.78 is 29.5. The average Bonchev–Trinajstić information content (AvgIpc) is 2.24. The first kappa shape index (κ1) is 16.5. The highest BCUT2D eigenvalue weighted by molar-refractivity contribution is 7.92. The zero-order valence-electron chi connectivity index (χ0n) is 12.4. The lowest BCUT2D eigenvalue weighted by atomic mass is 9.91. The first-order valence-electron chi connectivity index (χ1n) is 7.03. The molecule has 1 aliphatic rings. The summed E-state index contributed by atoms with van der Waals surface area (Å²) in [6.45, 7) is 7.43. The van der Waals surface area contributed by atoms with Gasteiger partial charge in [0.05, 0.1) is 17.4 Å². The van der Waals surface area contributed by atoms with Gasteiger partial charge in [-0.15, -0.1) is 0 Å². The molecular weight excluding hydrogens is 264 g/mol. The Hall–Kier alpha value is -0.580. The maximum Gasteiger partial charge on any atom is 0.307 e. The average molecular weight is 290 g/mol. The number of carbonyl (C=O) groups is 1. The summed E-state index contributed by atoms with van der Waals surface area (Å²) in [5, 5.41) is -0.265. The molecule has 5 heteroatoms. The summed E-state index contributed by atoms with van der Waals surface area (Å²) >= 11 is 0. The number of hydrogen-bond donors (Lipinski definition) is 0. The van der Waals surface area contributed by atoms with E-state index in [2.05, 4.69) is 6.92 Å². The Bertz CT molecular complexity index is 406. The lowest BCUT2D eigenvalue weighted by Gasteiger charge is -2.26. The highest BCUT2D eigenvalue weighted by Crippen LogP contribution is 2.29. The summed E-state index contributed by atoms with van der Waals surface area (Å²) in [6, 6.07) is 0. The lowest BCUT2D eigenvalue weighted by molar-refractivity contribution is -0.154. The van der Waals surface area contributed by atoms with Crippen molar-refractivity contribution in [1.29, 1.82) is 0 Å². The molecule has 1 rings (SSSR count). The fraction of sp³-hybridized carbons (Fsp3) is 0.929. The van der Waals surface area contributed by atoms with Crippen molar-refractivity contribution in [3.05, 3.63) is 0 Å². The van der Waals surface area contributed by atoms with Crippen molar-refractivity contribution in [3.63, 3.8) is 0 Å². The smallest absolute Gasteiger partial charge is 0.307 e. The van der Waals surface area contributed by atoms with Crippen LogP contribution in [0.25, 0.3) is 0 Å². The van der Waals surface area contributed by atoms with E-state index in [0.717, 1.165) is 25.7 Å². The van der Waals surface area contributed by atoms with E-state index in [4.69, 9.17) is 4.74 Å². The van der Waals surface area contributed by atoms with Crippen LogP contribution in [-0.2, 0) is 19.4 Å². The maximum atomic E-state index is 12.2. The molecule has 112 valence electrons. The number of esters is 1. The molecule has 1 aliphatic carbocycles. The van der Waals surface area contributed by atoms with Gasteiger partial charge >= 0.3 is 5.97 Å². The maximum absolute atomic E-state index is 12.2. The van der Waals surface area contributed by atoms with Crippen molar-refractivity contribution in [1.82, 2.24) is 0 Å². The van der Waals surface area contributed by atoms with E-state index >= 15 is 0 Å². The molecule has 0 spiro atoms. The first-order chi connectivity index (χ1) is 8.60. The lowest BCUT2D eigenvalue weighted by Crippen LogP contribution is -2.31. The van der Waals surface area contributed by atoms with Crippen LogP contribution in [-0.4, -0.2) is 31.0 Å². The standard InChI is InChI=1S/C14H26O4S/c1-11-6-5-7-12(10-11)19(16,17)9-8-13(15)18-14(2,3)4/h11-12H,5-10H2,1-4H3. The third-order valence-electron chi connectivity index (χ3n) is 3.41. The van der Waals surface area contributed by atoms with Gasteiger partial charge in [0, 0.05) is 0 Å².